The fourth-order valence-electron chi connectivity index (χ4n) is 2.18. The molecule has 0 atom stereocenters. The highest BCUT2D eigenvalue weighted by molar-refractivity contribution is 7.07. The summed E-state index contributed by atoms with van der Waals surface area (Å²) in [6, 6.07) is 8.66. The third kappa shape index (κ3) is 5.58. The highest BCUT2D eigenvalue weighted by Gasteiger charge is 2.11. The molecule has 21 heavy (non-hydrogen) atoms. The smallest absolute Gasteiger partial charge is 0.0795 e. The van der Waals surface area contributed by atoms with Crippen LogP contribution in [0.4, 0.5) is 0 Å². The summed E-state index contributed by atoms with van der Waals surface area (Å²) in [6.45, 7) is 9.34. The second-order valence-corrected chi connectivity index (χ2v) is 7.24. The highest BCUT2D eigenvalue weighted by Crippen LogP contribution is 2.14. The quantitative estimate of drug-likeness (QED) is 0.882. The maximum atomic E-state index is 4.35. The number of nitrogens with zero attached hydrogens (tertiary/aromatic N) is 2. The lowest BCUT2D eigenvalue weighted by atomic mass is 10.0. The topological polar surface area (TPSA) is 28.2 Å². The normalized spacial score (nSPS) is 12.0. The fourth-order valence-corrected chi connectivity index (χ4v) is 2.73. The minimum Gasteiger partial charge on any atom is -0.308 e. The van der Waals surface area contributed by atoms with Gasteiger partial charge in [-0.05, 0) is 38.9 Å². The highest BCUT2D eigenvalue weighted by atomic mass is 32.1. The van der Waals surface area contributed by atoms with Crippen LogP contribution in [-0.2, 0) is 19.6 Å². The van der Waals surface area contributed by atoms with Crippen LogP contribution in [0.2, 0.25) is 0 Å². The van der Waals surface area contributed by atoms with E-state index >= 15 is 0 Å². The van der Waals surface area contributed by atoms with Gasteiger partial charge in [-0.2, -0.15) is 0 Å². The number of aromatic nitrogens is 1. The lowest BCUT2D eigenvalue weighted by Crippen LogP contribution is -2.35. The molecule has 0 aliphatic heterocycles. The first-order valence-electron chi connectivity index (χ1n) is 7.31. The fraction of sp³-hybridized carbons (Fsp3) is 0.471. The lowest BCUT2D eigenvalue weighted by Gasteiger charge is -2.23. The van der Waals surface area contributed by atoms with Crippen molar-refractivity contribution in [2.45, 2.75) is 45.9 Å². The van der Waals surface area contributed by atoms with Crippen molar-refractivity contribution in [2.24, 2.45) is 0 Å². The van der Waals surface area contributed by atoms with Crippen LogP contribution < -0.4 is 5.32 Å². The predicted molar refractivity (Wildman–Crippen MR) is 90.3 cm³/mol. The average molecular weight is 303 g/mol. The Hall–Kier alpha value is -1.23. The molecule has 0 fully saturated rings. The van der Waals surface area contributed by atoms with Gasteiger partial charge < -0.3 is 5.32 Å². The van der Waals surface area contributed by atoms with Gasteiger partial charge in [-0.15, -0.1) is 11.3 Å². The van der Waals surface area contributed by atoms with E-state index in [-0.39, 0.29) is 5.54 Å². The molecule has 1 aromatic heterocycles. The second kappa shape index (κ2) is 7.16. The Morgan fingerprint density at radius 2 is 1.86 bits per heavy atom. The lowest BCUT2D eigenvalue weighted by molar-refractivity contribution is 0.314. The summed E-state index contributed by atoms with van der Waals surface area (Å²) in [7, 11) is 2.15. The molecule has 114 valence electrons. The van der Waals surface area contributed by atoms with Crippen LogP contribution in [0.25, 0.3) is 0 Å². The third-order valence-corrected chi connectivity index (χ3v) is 3.92. The molecule has 0 saturated carbocycles. The largest absolute Gasteiger partial charge is 0.308 e. The van der Waals surface area contributed by atoms with E-state index in [2.05, 4.69) is 72.7 Å². The summed E-state index contributed by atoms with van der Waals surface area (Å²) in [5.41, 5.74) is 5.93. The van der Waals surface area contributed by atoms with Crippen LogP contribution in [0.5, 0.6) is 0 Å². The minimum absolute atomic E-state index is 0.139. The molecule has 1 heterocycles. The molecule has 2 aromatic rings. The van der Waals surface area contributed by atoms with Crippen molar-refractivity contribution < 1.29 is 0 Å². The molecule has 1 aromatic carbocycles. The van der Waals surface area contributed by atoms with Crippen LogP contribution in [0.3, 0.4) is 0 Å². The van der Waals surface area contributed by atoms with Crippen molar-refractivity contribution >= 4 is 11.3 Å². The Bertz CT molecular complexity index is 543. The Morgan fingerprint density at radius 3 is 2.48 bits per heavy atom. The number of rotatable bonds is 6. The van der Waals surface area contributed by atoms with Gasteiger partial charge in [0, 0.05) is 30.6 Å². The molecule has 4 heteroatoms. The standard InChI is InChI=1S/C17H25N3S/c1-17(2,3)19-9-14-7-5-6-8-15(14)10-20(4)11-16-12-21-13-18-16/h5-8,12-13,19H,9-11H2,1-4H3. The molecular weight excluding hydrogens is 278 g/mol. The Morgan fingerprint density at radius 1 is 1.14 bits per heavy atom. The van der Waals surface area contributed by atoms with Gasteiger partial charge in [-0.25, -0.2) is 4.98 Å². The molecule has 1 N–H and O–H groups in total. The van der Waals surface area contributed by atoms with Crippen LogP contribution in [0, 0.1) is 0 Å². The number of hydrogen-bond acceptors (Lipinski definition) is 4. The van der Waals surface area contributed by atoms with E-state index in [0.717, 1.165) is 25.3 Å². The van der Waals surface area contributed by atoms with Gasteiger partial charge in [0.25, 0.3) is 0 Å². The molecule has 0 unspecified atom stereocenters. The SMILES string of the molecule is CN(Cc1cscn1)Cc1ccccc1CNC(C)(C)C. The Labute approximate surface area is 132 Å². The molecule has 0 bridgehead atoms. The molecule has 3 nitrogen and oxygen atoms in total. The van der Waals surface area contributed by atoms with Crippen molar-refractivity contribution in [3.05, 3.63) is 52.0 Å². The Balaban J connectivity index is 1.99. The van der Waals surface area contributed by atoms with Crippen LogP contribution in [0.15, 0.2) is 35.2 Å². The first kappa shape index (κ1) is 16.1. The number of hydrogen-bond donors (Lipinski definition) is 1. The number of thiazole rings is 1. The summed E-state index contributed by atoms with van der Waals surface area (Å²) in [5.74, 6) is 0. The van der Waals surface area contributed by atoms with Crippen molar-refractivity contribution in [1.29, 1.82) is 0 Å². The molecular formula is C17H25N3S. The third-order valence-electron chi connectivity index (χ3n) is 3.28. The summed E-state index contributed by atoms with van der Waals surface area (Å²) < 4.78 is 0. The van der Waals surface area contributed by atoms with Gasteiger partial charge in [0.2, 0.25) is 0 Å². The van der Waals surface area contributed by atoms with Crippen molar-refractivity contribution in [1.82, 2.24) is 15.2 Å². The monoisotopic (exact) mass is 303 g/mol. The van der Waals surface area contributed by atoms with E-state index in [4.69, 9.17) is 0 Å². The molecule has 0 amide bonds. The maximum Gasteiger partial charge on any atom is 0.0795 e. The summed E-state index contributed by atoms with van der Waals surface area (Å²) in [4.78, 5) is 6.66. The van der Waals surface area contributed by atoms with E-state index in [1.54, 1.807) is 11.3 Å². The van der Waals surface area contributed by atoms with Crippen LogP contribution in [0.1, 0.15) is 37.6 Å². The molecule has 0 aliphatic carbocycles. The molecule has 0 aliphatic rings. The van der Waals surface area contributed by atoms with Gasteiger partial charge in [-0.3, -0.25) is 4.90 Å². The van der Waals surface area contributed by atoms with Crippen molar-refractivity contribution in [2.75, 3.05) is 7.05 Å². The summed E-state index contributed by atoms with van der Waals surface area (Å²) in [6.07, 6.45) is 0. The van der Waals surface area contributed by atoms with Gasteiger partial charge in [0.05, 0.1) is 11.2 Å². The minimum atomic E-state index is 0.139. The zero-order valence-electron chi connectivity index (χ0n) is 13.4. The number of benzene rings is 1. The van der Waals surface area contributed by atoms with Crippen LogP contribution in [-0.4, -0.2) is 22.5 Å². The van der Waals surface area contributed by atoms with E-state index in [1.165, 1.54) is 11.1 Å². The number of nitrogens with one attached hydrogen (secondary N) is 1. The average Bonchev–Trinajstić information content (AvgIpc) is 2.89. The van der Waals surface area contributed by atoms with Gasteiger partial charge in [0.1, 0.15) is 0 Å². The summed E-state index contributed by atoms with van der Waals surface area (Å²) >= 11 is 1.65. The molecule has 2 rings (SSSR count). The Kier molecular flexibility index (Phi) is 5.51. The maximum absolute atomic E-state index is 4.35. The summed E-state index contributed by atoms with van der Waals surface area (Å²) in [5, 5.41) is 5.68. The van der Waals surface area contributed by atoms with Crippen molar-refractivity contribution in [3.63, 3.8) is 0 Å². The van der Waals surface area contributed by atoms with Gasteiger partial charge in [-0.1, -0.05) is 24.3 Å². The van der Waals surface area contributed by atoms with E-state index in [0.29, 0.717) is 0 Å². The zero-order chi connectivity index (χ0) is 15.3. The molecule has 0 spiro atoms. The first-order chi connectivity index (χ1) is 9.94. The van der Waals surface area contributed by atoms with Crippen molar-refractivity contribution in [3.8, 4) is 0 Å². The van der Waals surface area contributed by atoms with E-state index in [9.17, 15) is 0 Å². The second-order valence-electron chi connectivity index (χ2n) is 6.52. The van der Waals surface area contributed by atoms with E-state index < -0.39 is 0 Å². The predicted octanol–water partition coefficient (Wildman–Crippen LogP) is 3.66. The molecule has 0 radical (unpaired) electrons. The first-order valence-corrected chi connectivity index (χ1v) is 8.26. The van der Waals surface area contributed by atoms with E-state index in [1.807, 2.05) is 5.51 Å². The van der Waals surface area contributed by atoms with Gasteiger partial charge >= 0.3 is 0 Å². The van der Waals surface area contributed by atoms with Gasteiger partial charge in [0.15, 0.2) is 0 Å². The molecule has 0 saturated heterocycles. The zero-order valence-corrected chi connectivity index (χ0v) is 14.2. The van der Waals surface area contributed by atoms with Crippen LogP contribution >= 0.6 is 11.3 Å².